The van der Waals surface area contributed by atoms with Gasteiger partial charge in [-0.15, -0.1) is 18.2 Å². The van der Waals surface area contributed by atoms with Gasteiger partial charge < -0.3 is 9.32 Å². The fourth-order valence-electron chi connectivity index (χ4n) is 1.94. The van der Waals surface area contributed by atoms with Crippen LogP contribution in [0.2, 0.25) is 5.02 Å². The topological polar surface area (TPSA) is 33.5 Å². The molecule has 0 saturated carbocycles. The van der Waals surface area contributed by atoms with Gasteiger partial charge in [0.25, 0.3) is 0 Å². The van der Waals surface area contributed by atoms with Gasteiger partial charge in [0.15, 0.2) is 0 Å². The van der Waals surface area contributed by atoms with Gasteiger partial charge in [-0.25, -0.2) is 0 Å². The van der Waals surface area contributed by atoms with Crippen LogP contribution in [0.25, 0.3) is 0 Å². The minimum atomic E-state index is -0.246. The first kappa shape index (κ1) is 16.5. The van der Waals surface area contributed by atoms with Gasteiger partial charge in [0.05, 0.1) is 24.6 Å². The summed E-state index contributed by atoms with van der Waals surface area (Å²) in [5.41, 5.74) is 0. The number of halogens is 1. The van der Waals surface area contributed by atoms with Gasteiger partial charge in [-0.3, -0.25) is 4.79 Å². The summed E-state index contributed by atoms with van der Waals surface area (Å²) in [4.78, 5) is 15.2. The molecule has 114 valence electrons. The van der Waals surface area contributed by atoms with E-state index in [1.807, 2.05) is 37.3 Å². The predicted octanol–water partition coefficient (Wildman–Crippen LogP) is 4.08. The van der Waals surface area contributed by atoms with Crippen LogP contribution in [-0.2, 0) is 11.3 Å². The van der Waals surface area contributed by atoms with Crippen LogP contribution in [0.15, 0.2) is 52.0 Å². The number of rotatable bonds is 6. The zero-order valence-corrected chi connectivity index (χ0v) is 13.7. The van der Waals surface area contributed by atoms with Crippen molar-refractivity contribution >= 4 is 29.3 Å². The molecule has 0 aliphatic rings. The van der Waals surface area contributed by atoms with Gasteiger partial charge in [0.2, 0.25) is 5.91 Å². The van der Waals surface area contributed by atoms with E-state index in [4.69, 9.17) is 22.4 Å². The Labute approximate surface area is 139 Å². The number of thioether (sulfide) groups is 1. The quantitative estimate of drug-likeness (QED) is 0.590. The maximum Gasteiger partial charge on any atom is 0.236 e. The summed E-state index contributed by atoms with van der Waals surface area (Å²) in [5.74, 6) is 3.22. The third-order valence-electron chi connectivity index (χ3n) is 2.99. The molecule has 0 aliphatic carbocycles. The van der Waals surface area contributed by atoms with Crippen LogP contribution in [0.5, 0.6) is 0 Å². The van der Waals surface area contributed by atoms with E-state index in [9.17, 15) is 4.79 Å². The number of amides is 1. The van der Waals surface area contributed by atoms with Crippen molar-refractivity contribution in [1.82, 2.24) is 4.90 Å². The van der Waals surface area contributed by atoms with Crippen molar-refractivity contribution < 1.29 is 9.21 Å². The summed E-state index contributed by atoms with van der Waals surface area (Å²) >= 11 is 7.34. The highest BCUT2D eigenvalue weighted by molar-refractivity contribution is 8.00. The first-order valence-electron chi connectivity index (χ1n) is 6.77. The van der Waals surface area contributed by atoms with E-state index < -0.39 is 0 Å². The lowest BCUT2D eigenvalue weighted by Crippen LogP contribution is -2.36. The van der Waals surface area contributed by atoms with Crippen LogP contribution in [-0.4, -0.2) is 22.6 Å². The molecule has 0 radical (unpaired) electrons. The molecule has 0 fully saturated rings. The number of carbonyl (C=O) groups excluding carboxylic acids is 1. The predicted molar refractivity (Wildman–Crippen MR) is 89.7 cm³/mol. The van der Waals surface area contributed by atoms with Crippen molar-refractivity contribution in [2.45, 2.75) is 23.6 Å². The van der Waals surface area contributed by atoms with Gasteiger partial charge >= 0.3 is 0 Å². The molecule has 0 spiro atoms. The Bertz CT molecular complexity index is 646. The summed E-state index contributed by atoms with van der Waals surface area (Å²) in [7, 11) is 0. The molecule has 0 saturated heterocycles. The molecule has 1 unspecified atom stereocenters. The van der Waals surface area contributed by atoms with Gasteiger partial charge in [-0.05, 0) is 43.3 Å². The second-order valence-corrected chi connectivity index (χ2v) is 6.54. The highest BCUT2D eigenvalue weighted by Crippen LogP contribution is 2.26. The fourth-order valence-corrected chi connectivity index (χ4v) is 3.01. The Hall–Kier alpha value is -1.83. The lowest BCUT2D eigenvalue weighted by molar-refractivity contribution is -0.130. The number of hydrogen-bond donors (Lipinski definition) is 0. The smallest absolute Gasteiger partial charge is 0.236 e. The first-order chi connectivity index (χ1) is 10.6. The Balaban J connectivity index is 2.02. The number of benzene rings is 1. The van der Waals surface area contributed by atoms with E-state index in [0.717, 1.165) is 4.90 Å². The normalized spacial score (nSPS) is 11.7. The average molecular weight is 334 g/mol. The van der Waals surface area contributed by atoms with E-state index in [1.165, 1.54) is 11.8 Å². The van der Waals surface area contributed by atoms with Crippen LogP contribution < -0.4 is 0 Å². The summed E-state index contributed by atoms with van der Waals surface area (Å²) in [5, 5.41) is 0.430. The van der Waals surface area contributed by atoms with Gasteiger partial charge in [-0.2, -0.15) is 0 Å². The summed E-state index contributed by atoms with van der Waals surface area (Å²) in [6, 6.07) is 11.0. The molecule has 0 bridgehead atoms. The van der Waals surface area contributed by atoms with Crippen molar-refractivity contribution in [3.8, 4) is 12.3 Å². The fraction of sp³-hybridized carbons (Fsp3) is 0.235. The SMILES string of the molecule is C#CCN(Cc1ccco1)C(=O)C(C)Sc1ccc(Cl)cc1. The molecule has 1 aromatic heterocycles. The monoisotopic (exact) mass is 333 g/mol. The van der Waals surface area contributed by atoms with E-state index in [0.29, 0.717) is 17.3 Å². The molecule has 5 heteroatoms. The molecule has 1 atom stereocenters. The number of terminal acetylenes is 1. The van der Waals surface area contributed by atoms with Crippen LogP contribution >= 0.6 is 23.4 Å². The Morgan fingerprint density at radius 2 is 2.14 bits per heavy atom. The number of hydrogen-bond acceptors (Lipinski definition) is 3. The minimum Gasteiger partial charge on any atom is -0.467 e. The molecule has 2 rings (SSSR count). The van der Waals surface area contributed by atoms with Crippen molar-refractivity contribution in [1.29, 1.82) is 0 Å². The standard InChI is InChI=1S/C17H16ClNO2S/c1-3-10-19(12-15-5-4-11-21-15)17(20)13(2)22-16-8-6-14(18)7-9-16/h1,4-9,11,13H,10,12H2,2H3. The van der Waals surface area contributed by atoms with E-state index in [1.54, 1.807) is 17.2 Å². The highest BCUT2D eigenvalue weighted by atomic mass is 35.5. The number of nitrogens with zero attached hydrogens (tertiary/aromatic N) is 1. The Kier molecular flexibility index (Phi) is 6.00. The molecule has 1 amide bonds. The number of furan rings is 1. The summed E-state index contributed by atoms with van der Waals surface area (Å²) in [6.45, 7) is 2.50. The lowest BCUT2D eigenvalue weighted by Gasteiger charge is -2.22. The largest absolute Gasteiger partial charge is 0.467 e. The number of carbonyl (C=O) groups is 1. The molecular weight excluding hydrogens is 318 g/mol. The van der Waals surface area contributed by atoms with Crippen molar-refractivity contribution in [3.05, 3.63) is 53.4 Å². The minimum absolute atomic E-state index is 0.0192. The first-order valence-corrected chi connectivity index (χ1v) is 8.02. The van der Waals surface area contributed by atoms with E-state index in [2.05, 4.69) is 5.92 Å². The van der Waals surface area contributed by atoms with Gasteiger partial charge in [-0.1, -0.05) is 17.5 Å². The maximum absolute atomic E-state index is 12.6. The second-order valence-electron chi connectivity index (χ2n) is 4.69. The maximum atomic E-state index is 12.6. The molecule has 22 heavy (non-hydrogen) atoms. The van der Waals surface area contributed by atoms with Crippen molar-refractivity contribution in [2.24, 2.45) is 0 Å². The third kappa shape index (κ3) is 4.59. The molecular formula is C17H16ClNO2S. The molecule has 0 aliphatic heterocycles. The highest BCUT2D eigenvalue weighted by Gasteiger charge is 2.21. The third-order valence-corrected chi connectivity index (χ3v) is 4.35. The Morgan fingerprint density at radius 1 is 1.41 bits per heavy atom. The van der Waals surface area contributed by atoms with Crippen LogP contribution in [0.3, 0.4) is 0 Å². The average Bonchev–Trinajstić information content (AvgIpc) is 3.01. The zero-order valence-electron chi connectivity index (χ0n) is 12.2. The van der Waals surface area contributed by atoms with Crippen molar-refractivity contribution in [2.75, 3.05) is 6.54 Å². The molecule has 2 aromatic rings. The van der Waals surface area contributed by atoms with Crippen LogP contribution in [0.4, 0.5) is 0 Å². The van der Waals surface area contributed by atoms with Gasteiger partial charge in [0.1, 0.15) is 5.76 Å². The molecule has 3 nitrogen and oxygen atoms in total. The van der Waals surface area contributed by atoms with Crippen LogP contribution in [0, 0.1) is 12.3 Å². The van der Waals surface area contributed by atoms with Gasteiger partial charge in [0, 0.05) is 9.92 Å². The van der Waals surface area contributed by atoms with Crippen LogP contribution in [0.1, 0.15) is 12.7 Å². The molecule has 0 N–H and O–H groups in total. The second kappa shape index (κ2) is 7.98. The summed E-state index contributed by atoms with van der Waals surface area (Å²) < 4.78 is 5.29. The summed E-state index contributed by atoms with van der Waals surface area (Å²) in [6.07, 6.45) is 6.95. The lowest BCUT2D eigenvalue weighted by atomic mass is 10.3. The molecule has 1 heterocycles. The molecule has 1 aromatic carbocycles. The zero-order chi connectivity index (χ0) is 15.9. The Morgan fingerprint density at radius 3 is 2.73 bits per heavy atom. The van der Waals surface area contributed by atoms with Crippen molar-refractivity contribution in [3.63, 3.8) is 0 Å². The van der Waals surface area contributed by atoms with E-state index in [-0.39, 0.29) is 17.7 Å². The van der Waals surface area contributed by atoms with E-state index >= 15 is 0 Å².